The molecule has 0 radical (unpaired) electrons. The Labute approximate surface area is 193 Å². The first-order valence-electron chi connectivity index (χ1n) is 11.8. The highest BCUT2D eigenvalue weighted by atomic mass is 16.2. The zero-order chi connectivity index (χ0) is 23.7. The molecule has 0 spiro atoms. The lowest BCUT2D eigenvalue weighted by atomic mass is 10.0. The van der Waals surface area contributed by atoms with Crippen LogP contribution in [-0.2, 0) is 9.59 Å². The normalized spacial score (nSPS) is 21.7. The number of fused-ring (bicyclic) bond motifs is 1. The number of carbonyl (C=O) groups excluding carboxylic acids is 2. The van der Waals surface area contributed by atoms with Crippen LogP contribution in [0.25, 0.3) is 0 Å². The third-order valence-corrected chi connectivity index (χ3v) is 5.89. The zero-order valence-corrected chi connectivity index (χ0v) is 20.7. The van der Waals surface area contributed by atoms with Crippen molar-refractivity contribution in [2.45, 2.75) is 85.4 Å². The first-order chi connectivity index (χ1) is 15.2. The van der Waals surface area contributed by atoms with E-state index in [2.05, 4.69) is 56.8 Å². The Morgan fingerprint density at radius 3 is 2.47 bits per heavy atom. The summed E-state index contributed by atoms with van der Waals surface area (Å²) in [6.45, 7) is 11.2. The molecule has 0 aromatic carbocycles. The second-order valence-corrected chi connectivity index (χ2v) is 9.62. The van der Waals surface area contributed by atoms with Crippen molar-refractivity contribution in [2.24, 2.45) is 15.9 Å². The van der Waals surface area contributed by atoms with Crippen molar-refractivity contribution in [3.63, 3.8) is 0 Å². The molecule has 0 aliphatic carbocycles. The molecule has 2 aliphatic heterocycles. The largest absolute Gasteiger partial charge is 0.344 e. The van der Waals surface area contributed by atoms with Gasteiger partial charge >= 0.3 is 0 Å². The van der Waals surface area contributed by atoms with Crippen LogP contribution in [-0.4, -0.2) is 60.0 Å². The highest BCUT2D eigenvalue weighted by molar-refractivity contribution is 5.94. The van der Waals surface area contributed by atoms with Gasteiger partial charge < -0.3 is 9.80 Å². The lowest BCUT2D eigenvalue weighted by molar-refractivity contribution is -0.123. The minimum Gasteiger partial charge on any atom is -0.344 e. The lowest BCUT2D eigenvalue weighted by Crippen LogP contribution is -2.51. The maximum atomic E-state index is 12.2. The fourth-order valence-electron chi connectivity index (χ4n) is 4.00. The van der Waals surface area contributed by atoms with E-state index in [-0.39, 0.29) is 23.9 Å². The highest BCUT2D eigenvalue weighted by Crippen LogP contribution is 2.21. The second kappa shape index (κ2) is 12.5. The molecule has 0 N–H and O–H groups in total. The smallest absolute Gasteiger partial charge is 0.273 e. The van der Waals surface area contributed by atoms with Gasteiger partial charge in [0.15, 0.2) is 18.0 Å². The van der Waals surface area contributed by atoms with Crippen LogP contribution < -0.4 is 0 Å². The van der Waals surface area contributed by atoms with Crippen molar-refractivity contribution < 1.29 is 9.59 Å². The number of carbonyl (C=O) groups is 2. The molecule has 6 heteroatoms. The van der Waals surface area contributed by atoms with E-state index >= 15 is 0 Å². The highest BCUT2D eigenvalue weighted by Gasteiger charge is 2.40. The van der Waals surface area contributed by atoms with Crippen molar-refractivity contribution in [1.29, 1.82) is 0 Å². The Kier molecular flexibility index (Phi) is 10.1. The molecule has 6 nitrogen and oxygen atoms in total. The van der Waals surface area contributed by atoms with Gasteiger partial charge in [0, 0.05) is 20.0 Å². The number of amides is 1. The van der Waals surface area contributed by atoms with E-state index in [0.717, 1.165) is 32.1 Å². The van der Waals surface area contributed by atoms with E-state index in [0.29, 0.717) is 18.9 Å². The van der Waals surface area contributed by atoms with E-state index < -0.39 is 0 Å². The van der Waals surface area contributed by atoms with Gasteiger partial charge in [0.25, 0.3) is 5.91 Å². The summed E-state index contributed by atoms with van der Waals surface area (Å²) in [7, 11) is 1.90. The Hall–Kier alpha value is -2.50. The van der Waals surface area contributed by atoms with Crippen LogP contribution in [0.1, 0.15) is 73.1 Å². The molecule has 2 aliphatic rings. The van der Waals surface area contributed by atoms with Gasteiger partial charge in [-0.1, -0.05) is 42.7 Å². The molecule has 0 aromatic rings. The standard InChI is InChI=1S/C26H40N4O2/c1-19(2)15-23(31)16-22(5)12-8-10-20(3)9-7-11-21(4)13-14-30-18-27-25-24(30)26(32)28-17-29(25)6/h9,13,16-19,24-25H,7-8,10-12,14-15H2,1-6H3/b20-9+,21-13+,22-16-. The Morgan fingerprint density at radius 1 is 1.06 bits per heavy atom. The molecule has 0 bridgehead atoms. The van der Waals surface area contributed by atoms with Crippen LogP contribution in [0.2, 0.25) is 0 Å². The number of nitrogens with zero attached hydrogens (tertiary/aromatic N) is 4. The monoisotopic (exact) mass is 440 g/mol. The molecule has 2 atom stereocenters. The number of hydrogen-bond acceptors (Lipinski definition) is 5. The van der Waals surface area contributed by atoms with Gasteiger partial charge in [0.1, 0.15) is 0 Å². The summed E-state index contributed by atoms with van der Waals surface area (Å²) in [5.41, 5.74) is 3.90. The molecule has 0 saturated carbocycles. The maximum absolute atomic E-state index is 12.2. The summed E-state index contributed by atoms with van der Waals surface area (Å²) in [6, 6.07) is -0.311. The molecule has 0 aromatic heterocycles. The maximum Gasteiger partial charge on any atom is 0.273 e. The number of hydrogen-bond donors (Lipinski definition) is 0. The van der Waals surface area contributed by atoms with Gasteiger partial charge in [0.05, 0.1) is 12.7 Å². The Morgan fingerprint density at radius 2 is 1.75 bits per heavy atom. The molecule has 2 unspecified atom stereocenters. The van der Waals surface area contributed by atoms with Gasteiger partial charge in [-0.25, -0.2) is 9.98 Å². The van der Waals surface area contributed by atoms with Gasteiger partial charge in [-0.05, 0) is 64.9 Å². The van der Waals surface area contributed by atoms with E-state index in [1.807, 2.05) is 22.9 Å². The molecule has 2 rings (SSSR count). The summed E-state index contributed by atoms with van der Waals surface area (Å²) >= 11 is 0. The molecule has 0 saturated heterocycles. The molecule has 176 valence electrons. The molecular formula is C26H40N4O2. The number of likely N-dealkylation sites (N-methyl/N-ethyl adjacent to an activating group) is 1. The fourth-order valence-corrected chi connectivity index (χ4v) is 4.00. The molecule has 32 heavy (non-hydrogen) atoms. The minimum atomic E-state index is -0.311. The molecule has 2 heterocycles. The predicted octanol–water partition coefficient (Wildman–Crippen LogP) is 4.93. The number of aliphatic imine (C=N–C) groups is 2. The van der Waals surface area contributed by atoms with Crippen LogP contribution >= 0.6 is 0 Å². The van der Waals surface area contributed by atoms with Gasteiger partial charge in [-0.3, -0.25) is 9.59 Å². The van der Waals surface area contributed by atoms with Gasteiger partial charge in [-0.15, -0.1) is 0 Å². The number of allylic oxidation sites excluding steroid dienone is 5. The van der Waals surface area contributed by atoms with Crippen molar-refractivity contribution in [3.8, 4) is 0 Å². The van der Waals surface area contributed by atoms with Gasteiger partial charge in [0.2, 0.25) is 0 Å². The van der Waals surface area contributed by atoms with E-state index in [9.17, 15) is 9.59 Å². The number of ketones is 1. The molecular weight excluding hydrogens is 400 g/mol. The summed E-state index contributed by atoms with van der Waals surface area (Å²) in [6.07, 6.45) is 15.3. The van der Waals surface area contributed by atoms with Gasteiger partial charge in [-0.2, -0.15) is 0 Å². The SMILES string of the molecule is C/C(=C/C(=O)CC(C)C)CCC/C(C)=C/CC/C(C)=C/CN1C=NC2C1C(=O)N=CN2C. The molecule has 0 fully saturated rings. The van der Waals surface area contributed by atoms with E-state index in [1.165, 1.54) is 16.7 Å². The summed E-state index contributed by atoms with van der Waals surface area (Å²) < 4.78 is 0. The second-order valence-electron chi connectivity index (χ2n) is 9.62. The van der Waals surface area contributed by atoms with Crippen molar-refractivity contribution in [3.05, 3.63) is 34.9 Å². The first-order valence-corrected chi connectivity index (χ1v) is 11.8. The minimum absolute atomic E-state index is 0.121. The van der Waals surface area contributed by atoms with Crippen LogP contribution in [0.5, 0.6) is 0 Å². The predicted molar refractivity (Wildman–Crippen MR) is 133 cm³/mol. The van der Waals surface area contributed by atoms with Crippen molar-refractivity contribution in [2.75, 3.05) is 13.6 Å². The van der Waals surface area contributed by atoms with Crippen LogP contribution in [0.3, 0.4) is 0 Å². The van der Waals surface area contributed by atoms with Crippen LogP contribution in [0.15, 0.2) is 44.9 Å². The Balaban J connectivity index is 1.70. The van der Waals surface area contributed by atoms with E-state index in [4.69, 9.17) is 0 Å². The van der Waals surface area contributed by atoms with Crippen LogP contribution in [0.4, 0.5) is 0 Å². The molecule has 1 amide bonds. The van der Waals surface area contributed by atoms with Crippen LogP contribution in [0, 0.1) is 5.92 Å². The third kappa shape index (κ3) is 8.21. The quantitative estimate of drug-likeness (QED) is 0.319. The van der Waals surface area contributed by atoms with E-state index in [1.54, 1.807) is 12.7 Å². The third-order valence-electron chi connectivity index (χ3n) is 5.89. The average Bonchev–Trinajstić information content (AvgIpc) is 3.14. The topological polar surface area (TPSA) is 65.3 Å². The first kappa shape index (κ1) is 25.8. The Bertz CT molecular complexity index is 820. The average molecular weight is 441 g/mol. The van der Waals surface area contributed by atoms with Crippen molar-refractivity contribution >= 4 is 24.4 Å². The summed E-state index contributed by atoms with van der Waals surface area (Å²) in [4.78, 5) is 36.3. The zero-order valence-electron chi connectivity index (χ0n) is 20.7. The fraction of sp³-hybridized carbons (Fsp3) is 0.615. The number of rotatable bonds is 12. The lowest BCUT2D eigenvalue weighted by Gasteiger charge is -2.31. The summed E-state index contributed by atoms with van der Waals surface area (Å²) in [5, 5.41) is 0. The summed E-state index contributed by atoms with van der Waals surface area (Å²) in [5.74, 6) is 0.542. The van der Waals surface area contributed by atoms with Crippen molar-refractivity contribution in [1.82, 2.24) is 9.80 Å².